The third-order valence-corrected chi connectivity index (χ3v) is 6.40. The summed E-state index contributed by atoms with van der Waals surface area (Å²) >= 11 is 6.21. The molecular weight excluding hydrogens is 450 g/mol. The standard InChI is InChI=1S/C23H30ClN3O4S/c1-5-13-25-23(29)18(3)26(15-19-10-8-9-17(2)14-19)22(28)16-27(32(4,30)31)21-12-7-6-11-20(21)24/h6-12,14,18H,5,13,15-16H2,1-4H3,(H,25,29)/t18-/m1/s1. The number of sulfonamides is 1. The molecule has 9 heteroatoms. The number of nitrogens with one attached hydrogen (secondary N) is 1. The smallest absolute Gasteiger partial charge is 0.244 e. The summed E-state index contributed by atoms with van der Waals surface area (Å²) < 4.78 is 26.0. The van der Waals surface area contributed by atoms with Crippen LogP contribution in [0.3, 0.4) is 0 Å². The lowest BCUT2D eigenvalue weighted by molar-refractivity contribution is -0.139. The van der Waals surface area contributed by atoms with E-state index in [1.807, 2.05) is 38.1 Å². The summed E-state index contributed by atoms with van der Waals surface area (Å²) in [7, 11) is -3.81. The molecular formula is C23H30ClN3O4S. The molecule has 0 aromatic heterocycles. The third-order valence-electron chi connectivity index (χ3n) is 4.95. The van der Waals surface area contributed by atoms with Crippen molar-refractivity contribution >= 4 is 39.1 Å². The van der Waals surface area contributed by atoms with Crippen LogP contribution in [0.2, 0.25) is 5.02 Å². The molecule has 2 aromatic carbocycles. The van der Waals surface area contributed by atoms with Crippen LogP contribution in [-0.2, 0) is 26.2 Å². The van der Waals surface area contributed by atoms with Gasteiger partial charge in [0.1, 0.15) is 12.6 Å². The Kier molecular flexibility index (Phi) is 9.09. The molecule has 2 amide bonds. The Morgan fingerprint density at radius 3 is 2.41 bits per heavy atom. The van der Waals surface area contributed by atoms with Crippen molar-refractivity contribution < 1.29 is 18.0 Å². The third kappa shape index (κ3) is 6.97. The van der Waals surface area contributed by atoms with Crippen molar-refractivity contribution in [3.05, 3.63) is 64.7 Å². The minimum Gasteiger partial charge on any atom is -0.354 e. The molecule has 0 bridgehead atoms. The van der Waals surface area contributed by atoms with E-state index in [4.69, 9.17) is 11.6 Å². The zero-order chi connectivity index (χ0) is 23.9. The highest BCUT2D eigenvalue weighted by atomic mass is 35.5. The van der Waals surface area contributed by atoms with Gasteiger partial charge in [-0.05, 0) is 38.0 Å². The maximum absolute atomic E-state index is 13.4. The van der Waals surface area contributed by atoms with Gasteiger partial charge in [0.25, 0.3) is 0 Å². The van der Waals surface area contributed by atoms with Crippen LogP contribution in [0.4, 0.5) is 5.69 Å². The van der Waals surface area contributed by atoms with Crippen LogP contribution < -0.4 is 9.62 Å². The molecule has 174 valence electrons. The molecule has 2 aromatic rings. The van der Waals surface area contributed by atoms with E-state index in [1.54, 1.807) is 31.2 Å². The highest BCUT2D eigenvalue weighted by Crippen LogP contribution is 2.27. The fourth-order valence-corrected chi connectivity index (χ4v) is 4.38. The molecule has 1 N–H and O–H groups in total. The average Bonchev–Trinajstić information content (AvgIpc) is 2.73. The van der Waals surface area contributed by atoms with Gasteiger partial charge < -0.3 is 10.2 Å². The molecule has 0 saturated carbocycles. The molecule has 7 nitrogen and oxygen atoms in total. The van der Waals surface area contributed by atoms with Gasteiger partial charge in [-0.2, -0.15) is 0 Å². The Bertz CT molecular complexity index is 1060. The first-order valence-corrected chi connectivity index (χ1v) is 12.6. The lowest BCUT2D eigenvalue weighted by atomic mass is 10.1. The number of amides is 2. The topological polar surface area (TPSA) is 86.8 Å². The number of halogens is 1. The maximum Gasteiger partial charge on any atom is 0.244 e. The summed E-state index contributed by atoms with van der Waals surface area (Å²) in [6, 6.07) is 13.3. The van der Waals surface area contributed by atoms with Gasteiger partial charge in [-0.25, -0.2) is 8.42 Å². The molecule has 0 saturated heterocycles. The monoisotopic (exact) mass is 479 g/mol. The minimum atomic E-state index is -3.81. The number of aryl methyl sites for hydroxylation is 1. The van der Waals surface area contributed by atoms with Crippen molar-refractivity contribution in [2.45, 2.75) is 39.8 Å². The highest BCUT2D eigenvalue weighted by molar-refractivity contribution is 7.92. The van der Waals surface area contributed by atoms with E-state index in [1.165, 1.54) is 4.90 Å². The summed E-state index contributed by atoms with van der Waals surface area (Å²) in [5.74, 6) is -0.799. The first-order chi connectivity index (χ1) is 15.0. The summed E-state index contributed by atoms with van der Waals surface area (Å²) in [6.07, 6.45) is 1.78. The van der Waals surface area contributed by atoms with Crippen LogP contribution in [0.25, 0.3) is 0 Å². The maximum atomic E-state index is 13.4. The lowest BCUT2D eigenvalue weighted by Gasteiger charge is -2.31. The van der Waals surface area contributed by atoms with Crippen molar-refractivity contribution in [2.24, 2.45) is 0 Å². The van der Waals surface area contributed by atoms with Gasteiger partial charge in [0, 0.05) is 13.1 Å². The van der Waals surface area contributed by atoms with Crippen LogP contribution >= 0.6 is 11.6 Å². The van der Waals surface area contributed by atoms with Crippen molar-refractivity contribution in [3.8, 4) is 0 Å². The number of anilines is 1. The van der Waals surface area contributed by atoms with E-state index in [9.17, 15) is 18.0 Å². The molecule has 0 aliphatic rings. The van der Waals surface area contributed by atoms with E-state index in [0.29, 0.717) is 6.54 Å². The molecule has 0 aliphatic heterocycles. The Hall–Kier alpha value is -2.58. The van der Waals surface area contributed by atoms with Gasteiger partial charge in [-0.1, -0.05) is 60.5 Å². The largest absolute Gasteiger partial charge is 0.354 e. The molecule has 1 atom stereocenters. The SMILES string of the molecule is CCCNC(=O)[C@@H](C)N(Cc1cccc(C)c1)C(=O)CN(c1ccccc1Cl)S(C)(=O)=O. The summed E-state index contributed by atoms with van der Waals surface area (Å²) in [4.78, 5) is 27.4. The summed E-state index contributed by atoms with van der Waals surface area (Å²) in [5.41, 5.74) is 2.08. The van der Waals surface area contributed by atoms with Crippen LogP contribution in [0.1, 0.15) is 31.4 Å². The molecule has 32 heavy (non-hydrogen) atoms. The van der Waals surface area contributed by atoms with Gasteiger partial charge >= 0.3 is 0 Å². The van der Waals surface area contributed by atoms with Crippen molar-refractivity contribution in [3.63, 3.8) is 0 Å². The van der Waals surface area contributed by atoms with Crippen LogP contribution in [-0.4, -0.2) is 50.5 Å². The molecule has 0 radical (unpaired) electrons. The number of hydrogen-bond acceptors (Lipinski definition) is 4. The number of nitrogens with zero attached hydrogens (tertiary/aromatic N) is 2. The number of hydrogen-bond donors (Lipinski definition) is 1. The second-order valence-electron chi connectivity index (χ2n) is 7.70. The van der Waals surface area contributed by atoms with E-state index in [2.05, 4.69) is 5.32 Å². The van der Waals surface area contributed by atoms with Gasteiger partial charge in [-0.15, -0.1) is 0 Å². The minimum absolute atomic E-state index is 0.168. The second-order valence-corrected chi connectivity index (χ2v) is 10.0. The number of carbonyl (C=O) groups is 2. The molecule has 0 unspecified atom stereocenters. The van der Waals surface area contributed by atoms with Gasteiger partial charge in [-0.3, -0.25) is 13.9 Å². The zero-order valence-corrected chi connectivity index (χ0v) is 20.4. The first kappa shape index (κ1) is 25.7. The van der Waals surface area contributed by atoms with E-state index in [-0.39, 0.29) is 23.2 Å². The number of para-hydroxylation sites is 1. The average molecular weight is 480 g/mol. The predicted molar refractivity (Wildman–Crippen MR) is 128 cm³/mol. The number of rotatable bonds is 10. The highest BCUT2D eigenvalue weighted by Gasteiger charge is 2.30. The molecule has 2 rings (SSSR count). The second kappa shape index (κ2) is 11.3. The quantitative estimate of drug-likeness (QED) is 0.566. The first-order valence-electron chi connectivity index (χ1n) is 10.4. The molecule has 0 aliphatic carbocycles. The fraction of sp³-hybridized carbons (Fsp3) is 0.391. The van der Waals surface area contributed by atoms with E-state index in [0.717, 1.165) is 28.1 Å². The molecule has 0 spiro atoms. The number of carbonyl (C=O) groups excluding carboxylic acids is 2. The zero-order valence-electron chi connectivity index (χ0n) is 18.8. The van der Waals surface area contributed by atoms with Gasteiger partial charge in [0.05, 0.1) is 17.0 Å². The predicted octanol–water partition coefficient (Wildman–Crippen LogP) is 3.36. The van der Waals surface area contributed by atoms with Crippen molar-refractivity contribution in [1.82, 2.24) is 10.2 Å². The fourth-order valence-electron chi connectivity index (χ4n) is 3.23. The van der Waals surface area contributed by atoms with Crippen molar-refractivity contribution in [1.29, 1.82) is 0 Å². The van der Waals surface area contributed by atoms with Crippen molar-refractivity contribution in [2.75, 3.05) is 23.7 Å². The number of benzene rings is 2. The summed E-state index contributed by atoms with van der Waals surface area (Å²) in [6.45, 7) is 5.70. The van der Waals surface area contributed by atoms with Gasteiger partial charge in [0.15, 0.2) is 0 Å². The van der Waals surface area contributed by atoms with Crippen LogP contribution in [0.5, 0.6) is 0 Å². The molecule has 0 heterocycles. The normalized spacial score (nSPS) is 12.2. The summed E-state index contributed by atoms with van der Waals surface area (Å²) in [5, 5.41) is 3.02. The van der Waals surface area contributed by atoms with Crippen LogP contribution in [0.15, 0.2) is 48.5 Å². The molecule has 0 fully saturated rings. The van der Waals surface area contributed by atoms with Gasteiger partial charge in [0.2, 0.25) is 21.8 Å². The Morgan fingerprint density at radius 2 is 1.81 bits per heavy atom. The Labute approximate surface area is 195 Å². The Morgan fingerprint density at radius 1 is 1.12 bits per heavy atom. The lowest BCUT2D eigenvalue weighted by Crippen LogP contribution is -2.51. The van der Waals surface area contributed by atoms with Crippen LogP contribution in [0, 0.1) is 6.92 Å². The van der Waals surface area contributed by atoms with E-state index < -0.39 is 28.5 Å². The Balaban J connectivity index is 2.38. The van der Waals surface area contributed by atoms with E-state index >= 15 is 0 Å².